The Labute approximate surface area is 122 Å². The normalized spacial score (nSPS) is 14.1. The quantitative estimate of drug-likeness (QED) is 0.719. The first-order chi connectivity index (χ1) is 9.17. The molecule has 2 atom stereocenters. The summed E-state index contributed by atoms with van der Waals surface area (Å²) in [6.07, 6.45) is 3.58. The second kappa shape index (κ2) is 9.22. The van der Waals surface area contributed by atoms with E-state index >= 15 is 0 Å². The Morgan fingerprint density at radius 3 is 2.68 bits per heavy atom. The topological polar surface area (TPSA) is 21.3 Å². The molecule has 0 bridgehead atoms. The van der Waals surface area contributed by atoms with Crippen molar-refractivity contribution in [1.29, 1.82) is 0 Å². The Kier molecular flexibility index (Phi) is 7.92. The molecule has 0 spiro atoms. The van der Waals surface area contributed by atoms with Gasteiger partial charge in [0.2, 0.25) is 0 Å². The van der Waals surface area contributed by atoms with Gasteiger partial charge in [0.15, 0.2) is 0 Å². The molecule has 1 rings (SSSR count). The van der Waals surface area contributed by atoms with E-state index in [1.165, 1.54) is 12.8 Å². The van der Waals surface area contributed by atoms with E-state index in [4.69, 9.17) is 16.3 Å². The predicted molar refractivity (Wildman–Crippen MR) is 83.1 cm³/mol. The summed E-state index contributed by atoms with van der Waals surface area (Å²) in [5.41, 5.74) is 0. The molecule has 2 nitrogen and oxygen atoms in total. The van der Waals surface area contributed by atoms with Crippen molar-refractivity contribution in [3.8, 4) is 5.75 Å². The second-order valence-electron chi connectivity index (χ2n) is 5.09. The predicted octanol–water partition coefficient (Wildman–Crippen LogP) is 4.52. The van der Waals surface area contributed by atoms with E-state index in [1.807, 2.05) is 24.3 Å². The minimum atomic E-state index is 0.402. The molecule has 3 heteroatoms. The molecule has 0 amide bonds. The number of nitrogens with one attached hydrogen (secondary N) is 1. The number of rotatable bonds is 9. The van der Waals surface area contributed by atoms with E-state index in [-0.39, 0.29) is 0 Å². The highest BCUT2D eigenvalue weighted by Gasteiger charge is 2.16. The van der Waals surface area contributed by atoms with Crippen molar-refractivity contribution >= 4 is 11.6 Å². The standard InChI is InChI=1S/C16H26ClNO/c1-4-7-13(3)16(18-10-5-2)12-19-15-9-6-8-14(17)11-15/h6,8-9,11,13,16,18H,4-5,7,10,12H2,1-3H3. The number of ether oxygens (including phenoxy) is 1. The lowest BCUT2D eigenvalue weighted by Crippen LogP contribution is -2.40. The first kappa shape index (κ1) is 16.3. The number of hydrogen-bond donors (Lipinski definition) is 1. The van der Waals surface area contributed by atoms with Gasteiger partial charge in [-0.1, -0.05) is 44.9 Å². The summed E-state index contributed by atoms with van der Waals surface area (Å²) in [6, 6.07) is 8.00. The zero-order valence-corrected chi connectivity index (χ0v) is 13.0. The molecule has 19 heavy (non-hydrogen) atoms. The SMILES string of the molecule is CCCNC(COc1cccc(Cl)c1)C(C)CCC. The smallest absolute Gasteiger partial charge is 0.120 e. The molecule has 1 aromatic carbocycles. The molecule has 2 unspecified atom stereocenters. The largest absolute Gasteiger partial charge is 0.492 e. The molecular formula is C16H26ClNO. The summed E-state index contributed by atoms with van der Waals surface area (Å²) in [7, 11) is 0. The molecule has 0 saturated heterocycles. The summed E-state index contributed by atoms with van der Waals surface area (Å²) in [5, 5.41) is 4.30. The lowest BCUT2D eigenvalue weighted by molar-refractivity contribution is 0.217. The van der Waals surface area contributed by atoms with Gasteiger partial charge in [0.1, 0.15) is 12.4 Å². The van der Waals surface area contributed by atoms with Gasteiger partial charge < -0.3 is 10.1 Å². The van der Waals surface area contributed by atoms with Crippen LogP contribution in [0.15, 0.2) is 24.3 Å². The van der Waals surface area contributed by atoms with E-state index in [2.05, 4.69) is 26.1 Å². The first-order valence-electron chi connectivity index (χ1n) is 7.29. The molecule has 108 valence electrons. The van der Waals surface area contributed by atoms with Crippen LogP contribution in [0.2, 0.25) is 5.02 Å². The molecular weight excluding hydrogens is 258 g/mol. The van der Waals surface area contributed by atoms with Crippen LogP contribution in [0.5, 0.6) is 5.75 Å². The molecule has 0 aliphatic rings. The summed E-state index contributed by atoms with van der Waals surface area (Å²) < 4.78 is 5.87. The van der Waals surface area contributed by atoms with E-state index in [0.717, 1.165) is 23.7 Å². The average Bonchev–Trinajstić information content (AvgIpc) is 2.39. The van der Waals surface area contributed by atoms with Crippen LogP contribution in [0.1, 0.15) is 40.0 Å². The number of hydrogen-bond acceptors (Lipinski definition) is 2. The Morgan fingerprint density at radius 1 is 1.26 bits per heavy atom. The molecule has 1 aromatic rings. The minimum absolute atomic E-state index is 0.402. The molecule has 0 fully saturated rings. The number of halogens is 1. The summed E-state index contributed by atoms with van der Waals surface area (Å²) >= 11 is 5.96. The third-order valence-electron chi connectivity index (χ3n) is 3.31. The van der Waals surface area contributed by atoms with Gasteiger partial charge in [-0.15, -0.1) is 0 Å². The highest BCUT2D eigenvalue weighted by Crippen LogP contribution is 2.18. The van der Waals surface area contributed by atoms with E-state index in [9.17, 15) is 0 Å². The zero-order chi connectivity index (χ0) is 14.1. The summed E-state index contributed by atoms with van der Waals surface area (Å²) in [6.45, 7) is 8.44. The van der Waals surface area contributed by atoms with Gasteiger partial charge in [-0.05, 0) is 43.5 Å². The van der Waals surface area contributed by atoms with E-state index in [1.54, 1.807) is 0 Å². The molecule has 0 aliphatic heterocycles. The maximum atomic E-state index is 5.96. The molecule has 0 aliphatic carbocycles. The van der Waals surface area contributed by atoms with Crippen LogP contribution >= 0.6 is 11.6 Å². The maximum Gasteiger partial charge on any atom is 0.120 e. The van der Waals surface area contributed by atoms with Gasteiger partial charge in [-0.3, -0.25) is 0 Å². The number of benzene rings is 1. The zero-order valence-electron chi connectivity index (χ0n) is 12.3. The summed E-state index contributed by atoms with van der Waals surface area (Å²) in [4.78, 5) is 0. The third-order valence-corrected chi connectivity index (χ3v) is 3.55. The third kappa shape index (κ3) is 6.31. The fourth-order valence-corrected chi connectivity index (χ4v) is 2.33. The first-order valence-corrected chi connectivity index (χ1v) is 7.66. The molecule has 1 N–H and O–H groups in total. The molecule has 0 saturated carbocycles. The molecule has 0 aromatic heterocycles. The van der Waals surface area contributed by atoms with Gasteiger partial charge in [-0.25, -0.2) is 0 Å². The van der Waals surface area contributed by atoms with Gasteiger partial charge in [0, 0.05) is 11.1 Å². The van der Waals surface area contributed by atoms with Gasteiger partial charge in [-0.2, -0.15) is 0 Å². The van der Waals surface area contributed by atoms with Crippen LogP contribution in [0.3, 0.4) is 0 Å². The Hall–Kier alpha value is -0.730. The van der Waals surface area contributed by atoms with Crippen LogP contribution in [0, 0.1) is 5.92 Å². The van der Waals surface area contributed by atoms with Crippen LogP contribution in [0.4, 0.5) is 0 Å². The van der Waals surface area contributed by atoms with Crippen LogP contribution in [-0.2, 0) is 0 Å². The molecule has 0 heterocycles. The van der Waals surface area contributed by atoms with Crippen molar-refractivity contribution in [3.05, 3.63) is 29.3 Å². The van der Waals surface area contributed by atoms with Gasteiger partial charge in [0.25, 0.3) is 0 Å². The van der Waals surface area contributed by atoms with Crippen LogP contribution in [-0.4, -0.2) is 19.2 Å². The van der Waals surface area contributed by atoms with Crippen LogP contribution in [0.25, 0.3) is 0 Å². The highest BCUT2D eigenvalue weighted by atomic mass is 35.5. The fourth-order valence-electron chi connectivity index (χ4n) is 2.15. The Balaban J connectivity index is 2.51. The fraction of sp³-hybridized carbons (Fsp3) is 0.625. The van der Waals surface area contributed by atoms with Crippen molar-refractivity contribution in [1.82, 2.24) is 5.32 Å². The van der Waals surface area contributed by atoms with Crippen molar-refractivity contribution in [2.45, 2.75) is 46.1 Å². The van der Waals surface area contributed by atoms with Gasteiger partial charge >= 0.3 is 0 Å². The van der Waals surface area contributed by atoms with Crippen molar-refractivity contribution in [2.24, 2.45) is 5.92 Å². The lowest BCUT2D eigenvalue weighted by atomic mass is 9.97. The summed E-state index contributed by atoms with van der Waals surface area (Å²) in [5.74, 6) is 1.47. The van der Waals surface area contributed by atoms with Crippen LogP contribution < -0.4 is 10.1 Å². The van der Waals surface area contributed by atoms with Crippen molar-refractivity contribution in [2.75, 3.05) is 13.2 Å². The lowest BCUT2D eigenvalue weighted by Gasteiger charge is -2.25. The van der Waals surface area contributed by atoms with Gasteiger partial charge in [0.05, 0.1) is 0 Å². The van der Waals surface area contributed by atoms with Crippen molar-refractivity contribution in [3.63, 3.8) is 0 Å². The Bertz CT molecular complexity index is 356. The van der Waals surface area contributed by atoms with E-state index in [0.29, 0.717) is 18.6 Å². The molecule has 0 radical (unpaired) electrons. The van der Waals surface area contributed by atoms with Crippen molar-refractivity contribution < 1.29 is 4.74 Å². The maximum absolute atomic E-state index is 5.96. The van der Waals surface area contributed by atoms with E-state index < -0.39 is 0 Å². The Morgan fingerprint density at radius 2 is 2.05 bits per heavy atom. The minimum Gasteiger partial charge on any atom is -0.492 e. The second-order valence-corrected chi connectivity index (χ2v) is 5.53. The highest BCUT2D eigenvalue weighted by molar-refractivity contribution is 6.30. The average molecular weight is 284 g/mol. The monoisotopic (exact) mass is 283 g/mol.